The van der Waals surface area contributed by atoms with Crippen molar-refractivity contribution in [3.8, 4) is 0 Å². The number of likely N-dealkylation sites (tertiary alicyclic amines) is 1. The van der Waals surface area contributed by atoms with Gasteiger partial charge in [-0.3, -0.25) is 4.79 Å². The first-order valence-corrected chi connectivity index (χ1v) is 5.45. The van der Waals surface area contributed by atoms with Gasteiger partial charge in [0.15, 0.2) is 0 Å². The molecular weight excluding hydrogens is 207 g/mol. The van der Waals surface area contributed by atoms with E-state index < -0.39 is 0 Å². The minimum absolute atomic E-state index is 0.164. The molecule has 16 heavy (non-hydrogen) atoms. The molecule has 3 nitrogen and oxygen atoms in total. The van der Waals surface area contributed by atoms with Crippen LogP contribution >= 0.6 is 0 Å². The molecule has 0 saturated carbocycles. The predicted octanol–water partition coefficient (Wildman–Crippen LogP) is 1.45. The van der Waals surface area contributed by atoms with E-state index in [-0.39, 0.29) is 17.8 Å². The summed E-state index contributed by atoms with van der Waals surface area (Å²) >= 11 is 0. The molecule has 86 valence electrons. The van der Waals surface area contributed by atoms with Gasteiger partial charge >= 0.3 is 0 Å². The van der Waals surface area contributed by atoms with Crippen LogP contribution in [-0.4, -0.2) is 23.9 Å². The van der Waals surface area contributed by atoms with E-state index in [0.29, 0.717) is 13.0 Å². The number of hydrogen-bond acceptors (Lipinski definition) is 2. The molecule has 1 amide bonds. The van der Waals surface area contributed by atoms with Crippen molar-refractivity contribution in [2.75, 3.05) is 13.1 Å². The summed E-state index contributed by atoms with van der Waals surface area (Å²) in [6, 6.07) is 5.88. The quantitative estimate of drug-likeness (QED) is 0.841. The first kappa shape index (κ1) is 11.1. The lowest BCUT2D eigenvalue weighted by Crippen LogP contribution is -2.32. The number of amides is 1. The Morgan fingerprint density at radius 3 is 2.62 bits per heavy atom. The number of nitrogens with two attached hydrogens (primary N) is 1. The molecule has 0 aliphatic carbocycles. The average molecular weight is 222 g/mol. The summed E-state index contributed by atoms with van der Waals surface area (Å²) in [5, 5.41) is 0. The van der Waals surface area contributed by atoms with Gasteiger partial charge in [0.2, 0.25) is 5.91 Å². The van der Waals surface area contributed by atoms with Crippen LogP contribution in [0.1, 0.15) is 24.4 Å². The van der Waals surface area contributed by atoms with Crippen molar-refractivity contribution < 1.29 is 9.18 Å². The highest BCUT2D eigenvalue weighted by atomic mass is 19.1. The maximum atomic E-state index is 12.7. The van der Waals surface area contributed by atoms with Gasteiger partial charge in [0.05, 0.1) is 0 Å². The van der Waals surface area contributed by atoms with E-state index in [0.717, 1.165) is 18.5 Å². The molecule has 2 rings (SSSR count). The van der Waals surface area contributed by atoms with Crippen molar-refractivity contribution in [3.05, 3.63) is 35.6 Å². The molecule has 1 aromatic rings. The third kappa shape index (κ3) is 2.39. The number of halogens is 1. The molecule has 1 unspecified atom stereocenters. The molecule has 1 atom stereocenters. The summed E-state index contributed by atoms with van der Waals surface area (Å²) in [6.45, 7) is 1.30. The molecule has 0 bridgehead atoms. The van der Waals surface area contributed by atoms with Crippen LogP contribution in [0.5, 0.6) is 0 Å². The number of benzene rings is 1. The number of carbonyl (C=O) groups is 1. The highest BCUT2D eigenvalue weighted by Crippen LogP contribution is 2.16. The van der Waals surface area contributed by atoms with Gasteiger partial charge in [0.1, 0.15) is 5.82 Å². The molecule has 1 saturated heterocycles. The second-order valence-electron chi connectivity index (χ2n) is 4.10. The molecular formula is C12H15FN2O. The van der Waals surface area contributed by atoms with E-state index in [2.05, 4.69) is 0 Å². The lowest BCUT2D eigenvalue weighted by atomic mass is 10.1. The van der Waals surface area contributed by atoms with Gasteiger partial charge in [0, 0.05) is 25.6 Å². The minimum Gasteiger partial charge on any atom is -0.341 e. The number of hydrogen-bond donors (Lipinski definition) is 1. The van der Waals surface area contributed by atoms with Crippen LogP contribution < -0.4 is 5.73 Å². The van der Waals surface area contributed by atoms with Crippen molar-refractivity contribution in [2.24, 2.45) is 5.73 Å². The van der Waals surface area contributed by atoms with Crippen LogP contribution in [0.2, 0.25) is 0 Å². The van der Waals surface area contributed by atoms with Gasteiger partial charge in [0.25, 0.3) is 0 Å². The fourth-order valence-corrected chi connectivity index (χ4v) is 1.95. The van der Waals surface area contributed by atoms with Crippen LogP contribution in [-0.2, 0) is 4.79 Å². The largest absolute Gasteiger partial charge is 0.341 e. The lowest BCUT2D eigenvalue weighted by Gasteiger charge is -2.20. The Kier molecular flexibility index (Phi) is 3.19. The number of carbonyl (C=O) groups excluding carboxylic acids is 1. The summed E-state index contributed by atoms with van der Waals surface area (Å²) in [5.74, 6) is -0.106. The van der Waals surface area contributed by atoms with E-state index in [4.69, 9.17) is 5.73 Å². The number of rotatable bonds is 3. The van der Waals surface area contributed by atoms with E-state index in [1.54, 1.807) is 17.0 Å². The van der Waals surface area contributed by atoms with Crippen LogP contribution in [0.25, 0.3) is 0 Å². The second-order valence-corrected chi connectivity index (χ2v) is 4.10. The third-order valence-electron chi connectivity index (χ3n) is 2.89. The van der Waals surface area contributed by atoms with Crippen molar-refractivity contribution in [1.29, 1.82) is 0 Å². The van der Waals surface area contributed by atoms with E-state index in [9.17, 15) is 9.18 Å². The molecule has 0 spiro atoms. The minimum atomic E-state index is -0.270. The zero-order valence-electron chi connectivity index (χ0n) is 9.03. The summed E-state index contributed by atoms with van der Waals surface area (Å²) in [7, 11) is 0. The third-order valence-corrected chi connectivity index (χ3v) is 2.89. The highest BCUT2D eigenvalue weighted by Gasteiger charge is 2.22. The number of nitrogens with zero attached hydrogens (tertiary/aromatic N) is 1. The smallest absolute Gasteiger partial charge is 0.222 e. The monoisotopic (exact) mass is 222 g/mol. The Bertz CT molecular complexity index is 377. The molecule has 1 fully saturated rings. The van der Waals surface area contributed by atoms with E-state index in [1.807, 2.05) is 0 Å². The van der Waals surface area contributed by atoms with Crippen molar-refractivity contribution in [3.63, 3.8) is 0 Å². The predicted molar refractivity (Wildman–Crippen MR) is 59.1 cm³/mol. The lowest BCUT2D eigenvalue weighted by molar-refractivity contribution is -0.127. The van der Waals surface area contributed by atoms with Gasteiger partial charge in [-0.1, -0.05) is 12.1 Å². The Morgan fingerprint density at radius 1 is 1.38 bits per heavy atom. The summed E-state index contributed by atoms with van der Waals surface area (Å²) < 4.78 is 12.7. The average Bonchev–Trinajstić information content (AvgIpc) is 2.65. The Morgan fingerprint density at radius 2 is 2.06 bits per heavy atom. The van der Waals surface area contributed by atoms with E-state index >= 15 is 0 Å². The Balaban J connectivity index is 1.99. The van der Waals surface area contributed by atoms with Gasteiger partial charge in [-0.05, 0) is 24.1 Å². The first-order valence-electron chi connectivity index (χ1n) is 5.45. The molecule has 1 heterocycles. The van der Waals surface area contributed by atoms with Gasteiger partial charge in [-0.25, -0.2) is 4.39 Å². The molecule has 2 N–H and O–H groups in total. The summed E-state index contributed by atoms with van der Waals surface area (Å²) in [6.07, 6.45) is 1.53. The molecule has 1 aliphatic rings. The van der Waals surface area contributed by atoms with Crippen molar-refractivity contribution >= 4 is 5.91 Å². The van der Waals surface area contributed by atoms with Gasteiger partial charge in [-0.2, -0.15) is 0 Å². The van der Waals surface area contributed by atoms with Crippen molar-refractivity contribution in [2.45, 2.75) is 18.9 Å². The van der Waals surface area contributed by atoms with Crippen LogP contribution in [0.3, 0.4) is 0 Å². The normalized spacial score (nSPS) is 17.9. The molecule has 0 aromatic heterocycles. The van der Waals surface area contributed by atoms with E-state index in [1.165, 1.54) is 12.1 Å². The maximum absolute atomic E-state index is 12.7. The molecule has 1 aromatic carbocycles. The molecule has 1 aliphatic heterocycles. The maximum Gasteiger partial charge on any atom is 0.222 e. The van der Waals surface area contributed by atoms with Crippen LogP contribution in [0.4, 0.5) is 4.39 Å². The Labute approximate surface area is 94.0 Å². The summed E-state index contributed by atoms with van der Waals surface area (Å²) in [4.78, 5) is 13.2. The van der Waals surface area contributed by atoms with Crippen LogP contribution in [0.15, 0.2) is 24.3 Å². The van der Waals surface area contributed by atoms with Crippen molar-refractivity contribution in [1.82, 2.24) is 4.90 Å². The highest BCUT2D eigenvalue weighted by molar-refractivity contribution is 5.78. The van der Waals surface area contributed by atoms with Gasteiger partial charge < -0.3 is 10.6 Å². The zero-order chi connectivity index (χ0) is 11.5. The zero-order valence-corrected chi connectivity index (χ0v) is 9.03. The fourth-order valence-electron chi connectivity index (χ4n) is 1.95. The first-order chi connectivity index (χ1) is 7.66. The Hall–Kier alpha value is -1.42. The second kappa shape index (κ2) is 4.61. The van der Waals surface area contributed by atoms with Gasteiger partial charge in [-0.15, -0.1) is 0 Å². The fraction of sp³-hybridized carbons (Fsp3) is 0.417. The SMILES string of the molecule is NC(CN1CCCC1=O)c1ccc(F)cc1. The van der Waals surface area contributed by atoms with Crippen LogP contribution in [0, 0.1) is 5.82 Å². The molecule has 0 radical (unpaired) electrons. The summed E-state index contributed by atoms with van der Waals surface area (Å²) in [5.41, 5.74) is 6.83. The topological polar surface area (TPSA) is 46.3 Å². The molecule has 4 heteroatoms. The standard InChI is InChI=1S/C12H15FN2O/c13-10-5-3-9(4-6-10)11(14)8-15-7-1-2-12(15)16/h3-6,11H,1-2,7-8,14H2.